The van der Waals surface area contributed by atoms with Crippen LogP contribution in [0.5, 0.6) is 0 Å². The van der Waals surface area contributed by atoms with Gasteiger partial charge in [0.2, 0.25) is 0 Å². The standard InChI is InChI=1S/C15H20S/c1-10-11(2)16-14-12(9-15(3,4)5)7-6-8-13(10)14/h6-8H,9H2,1-5H3. The van der Waals surface area contributed by atoms with Crippen molar-refractivity contribution < 1.29 is 0 Å². The van der Waals surface area contributed by atoms with E-state index in [1.165, 1.54) is 26.1 Å². The molecular weight excluding hydrogens is 212 g/mol. The molecule has 0 fully saturated rings. The van der Waals surface area contributed by atoms with E-state index in [1.807, 2.05) is 11.3 Å². The van der Waals surface area contributed by atoms with E-state index in [-0.39, 0.29) is 0 Å². The van der Waals surface area contributed by atoms with Gasteiger partial charge in [-0.1, -0.05) is 39.0 Å². The number of aryl methyl sites for hydroxylation is 2. The molecule has 0 radical (unpaired) electrons. The largest absolute Gasteiger partial charge is 0.140 e. The Hall–Kier alpha value is -0.820. The molecule has 0 saturated carbocycles. The molecule has 1 heterocycles. The summed E-state index contributed by atoms with van der Waals surface area (Å²) >= 11 is 1.95. The summed E-state index contributed by atoms with van der Waals surface area (Å²) in [6.07, 6.45) is 1.16. The lowest BCUT2D eigenvalue weighted by Gasteiger charge is -2.18. The Balaban J connectivity index is 2.58. The second-order valence-corrected chi connectivity index (χ2v) is 7.04. The summed E-state index contributed by atoms with van der Waals surface area (Å²) in [4.78, 5) is 1.45. The molecule has 0 unspecified atom stereocenters. The molecule has 1 aromatic carbocycles. The number of fused-ring (bicyclic) bond motifs is 1. The molecular formula is C15H20S. The lowest BCUT2D eigenvalue weighted by Crippen LogP contribution is -2.08. The zero-order valence-electron chi connectivity index (χ0n) is 10.8. The minimum atomic E-state index is 0.361. The van der Waals surface area contributed by atoms with Crippen LogP contribution < -0.4 is 0 Å². The fourth-order valence-corrected chi connectivity index (χ4v) is 3.30. The van der Waals surface area contributed by atoms with Gasteiger partial charge < -0.3 is 0 Å². The van der Waals surface area contributed by atoms with Crippen molar-refractivity contribution in [2.45, 2.75) is 41.0 Å². The molecule has 0 N–H and O–H groups in total. The Morgan fingerprint density at radius 1 is 1.12 bits per heavy atom. The third-order valence-corrected chi connectivity index (χ3v) is 4.30. The molecule has 2 rings (SSSR count). The van der Waals surface area contributed by atoms with Gasteiger partial charge in [0.15, 0.2) is 0 Å². The number of thiophene rings is 1. The first-order valence-electron chi connectivity index (χ1n) is 5.86. The van der Waals surface area contributed by atoms with Crippen LogP contribution >= 0.6 is 11.3 Å². The van der Waals surface area contributed by atoms with Crippen LogP contribution in [-0.4, -0.2) is 0 Å². The molecule has 2 aromatic rings. The van der Waals surface area contributed by atoms with Crippen molar-refractivity contribution in [2.75, 3.05) is 0 Å². The van der Waals surface area contributed by atoms with Crippen LogP contribution in [0.15, 0.2) is 18.2 Å². The highest BCUT2D eigenvalue weighted by Gasteiger charge is 2.15. The third-order valence-electron chi connectivity index (χ3n) is 3.00. The van der Waals surface area contributed by atoms with Gasteiger partial charge in [0.05, 0.1) is 0 Å². The van der Waals surface area contributed by atoms with Gasteiger partial charge in [-0.05, 0) is 42.2 Å². The van der Waals surface area contributed by atoms with Gasteiger partial charge in [-0.2, -0.15) is 0 Å². The summed E-state index contributed by atoms with van der Waals surface area (Å²) < 4.78 is 1.49. The van der Waals surface area contributed by atoms with Gasteiger partial charge in [0.25, 0.3) is 0 Å². The van der Waals surface area contributed by atoms with Crippen molar-refractivity contribution in [1.29, 1.82) is 0 Å². The smallest absolute Gasteiger partial charge is 0.0380 e. The predicted molar refractivity (Wildman–Crippen MR) is 74.5 cm³/mol. The van der Waals surface area contributed by atoms with Crippen LogP contribution in [0.2, 0.25) is 0 Å². The van der Waals surface area contributed by atoms with E-state index < -0.39 is 0 Å². The topological polar surface area (TPSA) is 0 Å². The molecule has 0 aliphatic carbocycles. The van der Waals surface area contributed by atoms with Gasteiger partial charge in [-0.3, -0.25) is 0 Å². The lowest BCUT2D eigenvalue weighted by atomic mass is 9.88. The normalized spacial score (nSPS) is 12.3. The van der Waals surface area contributed by atoms with E-state index in [4.69, 9.17) is 0 Å². The quantitative estimate of drug-likeness (QED) is 0.641. The number of rotatable bonds is 1. The molecule has 0 amide bonds. The Labute approximate surface area is 102 Å². The summed E-state index contributed by atoms with van der Waals surface area (Å²) in [6.45, 7) is 11.4. The maximum absolute atomic E-state index is 2.30. The minimum absolute atomic E-state index is 0.361. The molecule has 0 aliphatic heterocycles. The van der Waals surface area contributed by atoms with Gasteiger partial charge >= 0.3 is 0 Å². The van der Waals surface area contributed by atoms with E-state index in [0.717, 1.165) is 6.42 Å². The Bertz CT molecular complexity index is 512. The predicted octanol–water partition coefficient (Wildman–Crippen LogP) is 5.11. The van der Waals surface area contributed by atoms with E-state index in [1.54, 1.807) is 0 Å². The van der Waals surface area contributed by atoms with Crippen molar-refractivity contribution in [3.8, 4) is 0 Å². The highest BCUT2D eigenvalue weighted by molar-refractivity contribution is 7.19. The first-order valence-corrected chi connectivity index (χ1v) is 6.68. The Morgan fingerprint density at radius 3 is 2.44 bits per heavy atom. The fraction of sp³-hybridized carbons (Fsp3) is 0.467. The van der Waals surface area contributed by atoms with Gasteiger partial charge in [0, 0.05) is 9.58 Å². The van der Waals surface area contributed by atoms with Crippen molar-refractivity contribution in [1.82, 2.24) is 0 Å². The summed E-state index contributed by atoms with van der Waals surface area (Å²) in [5.41, 5.74) is 3.32. The van der Waals surface area contributed by atoms with Gasteiger partial charge in [0.1, 0.15) is 0 Å². The second kappa shape index (κ2) is 3.89. The molecule has 0 nitrogen and oxygen atoms in total. The molecule has 0 spiro atoms. The number of hydrogen-bond acceptors (Lipinski definition) is 1. The Morgan fingerprint density at radius 2 is 1.81 bits per heavy atom. The zero-order chi connectivity index (χ0) is 11.9. The van der Waals surface area contributed by atoms with Crippen molar-refractivity contribution >= 4 is 21.4 Å². The summed E-state index contributed by atoms with van der Waals surface area (Å²) in [5, 5.41) is 1.45. The van der Waals surface area contributed by atoms with Crippen LogP contribution in [0.4, 0.5) is 0 Å². The van der Waals surface area contributed by atoms with Crippen molar-refractivity contribution in [3.63, 3.8) is 0 Å². The fourth-order valence-electron chi connectivity index (χ4n) is 2.13. The first kappa shape index (κ1) is 11.7. The number of hydrogen-bond donors (Lipinski definition) is 0. The summed E-state index contributed by atoms with van der Waals surface area (Å²) in [6, 6.07) is 6.73. The van der Waals surface area contributed by atoms with E-state index in [9.17, 15) is 0 Å². The molecule has 16 heavy (non-hydrogen) atoms. The first-order chi connectivity index (χ1) is 7.38. The van der Waals surface area contributed by atoms with E-state index >= 15 is 0 Å². The highest BCUT2D eigenvalue weighted by Crippen LogP contribution is 2.35. The molecule has 1 aromatic heterocycles. The summed E-state index contributed by atoms with van der Waals surface area (Å²) in [7, 11) is 0. The van der Waals surface area contributed by atoms with Crippen LogP contribution in [0, 0.1) is 19.3 Å². The van der Waals surface area contributed by atoms with Gasteiger partial charge in [-0.15, -0.1) is 11.3 Å². The summed E-state index contributed by atoms with van der Waals surface area (Å²) in [5.74, 6) is 0. The molecule has 1 heteroatoms. The average molecular weight is 232 g/mol. The van der Waals surface area contributed by atoms with Gasteiger partial charge in [-0.25, -0.2) is 0 Å². The van der Waals surface area contributed by atoms with E-state index in [2.05, 4.69) is 52.8 Å². The molecule has 86 valence electrons. The molecule has 0 atom stereocenters. The second-order valence-electron chi connectivity index (χ2n) is 5.81. The van der Waals surface area contributed by atoms with Crippen LogP contribution in [0.25, 0.3) is 10.1 Å². The monoisotopic (exact) mass is 232 g/mol. The van der Waals surface area contributed by atoms with Crippen LogP contribution in [-0.2, 0) is 6.42 Å². The van der Waals surface area contributed by atoms with E-state index in [0.29, 0.717) is 5.41 Å². The van der Waals surface area contributed by atoms with Crippen molar-refractivity contribution in [2.24, 2.45) is 5.41 Å². The van der Waals surface area contributed by atoms with Crippen LogP contribution in [0.3, 0.4) is 0 Å². The molecule has 0 saturated heterocycles. The third kappa shape index (κ3) is 2.15. The highest BCUT2D eigenvalue weighted by atomic mass is 32.1. The van der Waals surface area contributed by atoms with Crippen LogP contribution in [0.1, 0.15) is 36.8 Å². The average Bonchev–Trinajstić information content (AvgIpc) is 2.43. The minimum Gasteiger partial charge on any atom is -0.140 e. The lowest BCUT2D eigenvalue weighted by molar-refractivity contribution is 0.413. The maximum Gasteiger partial charge on any atom is 0.0380 e. The maximum atomic E-state index is 2.30. The molecule has 0 bridgehead atoms. The van der Waals surface area contributed by atoms with Crippen molar-refractivity contribution in [3.05, 3.63) is 34.2 Å². The number of benzene rings is 1. The zero-order valence-corrected chi connectivity index (χ0v) is 11.7. The Kier molecular flexibility index (Phi) is 2.83. The molecule has 0 aliphatic rings. The SMILES string of the molecule is Cc1sc2c(CC(C)(C)C)cccc2c1C.